The first-order valence-corrected chi connectivity index (χ1v) is 4.89. The number of carbonyl (C=O) groups is 1. The van der Waals surface area contributed by atoms with Crippen molar-refractivity contribution in [2.75, 3.05) is 13.1 Å². The molecule has 0 radical (unpaired) electrons. The van der Waals surface area contributed by atoms with Crippen molar-refractivity contribution in [3.8, 4) is 0 Å². The molecule has 1 unspecified atom stereocenters. The van der Waals surface area contributed by atoms with E-state index in [0.29, 0.717) is 13.0 Å². The minimum absolute atomic E-state index is 0.244. The summed E-state index contributed by atoms with van der Waals surface area (Å²) in [6, 6.07) is 6.40. The van der Waals surface area contributed by atoms with Crippen LogP contribution in [0.3, 0.4) is 0 Å². The lowest BCUT2D eigenvalue weighted by molar-refractivity contribution is 0.0584. The lowest BCUT2D eigenvalue weighted by Gasteiger charge is -2.21. The van der Waals surface area contributed by atoms with E-state index >= 15 is 0 Å². The van der Waals surface area contributed by atoms with Crippen molar-refractivity contribution in [3.05, 3.63) is 35.4 Å². The molecule has 1 aliphatic rings. The van der Waals surface area contributed by atoms with Crippen molar-refractivity contribution < 1.29 is 15.0 Å². The molecular weight excluding hydrogens is 194 g/mol. The molecule has 1 aliphatic heterocycles. The topological polar surface area (TPSA) is 69.6 Å². The molecule has 3 N–H and O–H groups in total. The van der Waals surface area contributed by atoms with Gasteiger partial charge in [0.15, 0.2) is 0 Å². The Morgan fingerprint density at radius 3 is 2.47 bits per heavy atom. The van der Waals surface area contributed by atoms with Gasteiger partial charge in [-0.25, -0.2) is 4.79 Å². The van der Waals surface area contributed by atoms with Gasteiger partial charge < -0.3 is 15.5 Å². The van der Waals surface area contributed by atoms with Crippen LogP contribution in [0, 0.1) is 0 Å². The molecule has 4 nitrogen and oxygen atoms in total. The summed E-state index contributed by atoms with van der Waals surface area (Å²) in [4.78, 5) is 10.6. The van der Waals surface area contributed by atoms with Crippen LogP contribution >= 0.6 is 0 Å². The number of carboxylic acids is 1. The highest BCUT2D eigenvalue weighted by atomic mass is 16.4. The van der Waals surface area contributed by atoms with Gasteiger partial charge in [-0.3, -0.25) is 0 Å². The molecule has 1 saturated heterocycles. The second kappa shape index (κ2) is 3.64. The van der Waals surface area contributed by atoms with Gasteiger partial charge >= 0.3 is 5.97 Å². The maximum Gasteiger partial charge on any atom is 0.335 e. The highest BCUT2D eigenvalue weighted by Crippen LogP contribution is 2.27. The highest BCUT2D eigenvalue weighted by Gasteiger charge is 2.32. The molecule has 0 aromatic heterocycles. The summed E-state index contributed by atoms with van der Waals surface area (Å²) in [5, 5.41) is 22.0. The summed E-state index contributed by atoms with van der Waals surface area (Å²) in [7, 11) is 0. The van der Waals surface area contributed by atoms with Gasteiger partial charge in [-0.2, -0.15) is 0 Å². The molecule has 0 saturated carbocycles. The zero-order valence-corrected chi connectivity index (χ0v) is 8.23. The lowest BCUT2D eigenvalue weighted by atomic mass is 9.92. The van der Waals surface area contributed by atoms with Crippen molar-refractivity contribution >= 4 is 5.97 Å². The molecule has 0 spiro atoms. The third kappa shape index (κ3) is 1.86. The monoisotopic (exact) mass is 207 g/mol. The number of carboxylic acid groups (broad SMARTS) is 1. The summed E-state index contributed by atoms with van der Waals surface area (Å²) < 4.78 is 0. The average molecular weight is 207 g/mol. The van der Waals surface area contributed by atoms with E-state index in [4.69, 9.17) is 5.11 Å². The SMILES string of the molecule is O=C(O)c1ccc(C2(O)CCNC2)cc1. The van der Waals surface area contributed by atoms with Crippen LogP contribution in [0.5, 0.6) is 0 Å². The number of benzene rings is 1. The maximum atomic E-state index is 10.6. The first-order valence-electron chi connectivity index (χ1n) is 4.89. The van der Waals surface area contributed by atoms with Gasteiger partial charge in [0.2, 0.25) is 0 Å². The molecule has 4 heteroatoms. The summed E-state index contributed by atoms with van der Waals surface area (Å²) >= 11 is 0. The van der Waals surface area contributed by atoms with Crippen LogP contribution in [0.1, 0.15) is 22.3 Å². The van der Waals surface area contributed by atoms with Gasteiger partial charge in [0.05, 0.1) is 5.56 Å². The van der Waals surface area contributed by atoms with Crippen LogP contribution in [-0.2, 0) is 5.60 Å². The molecule has 1 atom stereocenters. The Balaban J connectivity index is 2.26. The van der Waals surface area contributed by atoms with Gasteiger partial charge in [0, 0.05) is 6.54 Å². The second-order valence-corrected chi connectivity index (χ2v) is 3.84. The Hall–Kier alpha value is -1.39. The van der Waals surface area contributed by atoms with Crippen LogP contribution in [0.15, 0.2) is 24.3 Å². The molecular formula is C11H13NO3. The molecule has 1 heterocycles. The Morgan fingerprint density at radius 2 is 2.00 bits per heavy atom. The summed E-state index contributed by atoms with van der Waals surface area (Å²) in [5.41, 5.74) is 0.183. The number of aromatic carboxylic acids is 1. The number of β-amino-alcohol motifs (C(OH)–C–C–N with tert-alkyl or cyclic N) is 1. The number of hydrogen-bond donors (Lipinski definition) is 3. The smallest absolute Gasteiger partial charge is 0.335 e. The predicted octanol–water partition coefficient (Wildman–Crippen LogP) is 0.566. The summed E-state index contributed by atoms with van der Waals surface area (Å²) in [6.45, 7) is 1.32. The highest BCUT2D eigenvalue weighted by molar-refractivity contribution is 5.87. The third-order valence-electron chi connectivity index (χ3n) is 2.80. The van der Waals surface area contributed by atoms with Crippen molar-refractivity contribution in [2.45, 2.75) is 12.0 Å². The standard InChI is InChI=1S/C11H13NO3/c13-10(14)8-1-3-9(4-2-8)11(15)5-6-12-7-11/h1-4,12,15H,5-7H2,(H,13,14). The molecule has 80 valence electrons. The number of aliphatic hydroxyl groups is 1. The Bertz CT molecular complexity index is 366. The van der Waals surface area contributed by atoms with E-state index in [-0.39, 0.29) is 5.56 Å². The Morgan fingerprint density at radius 1 is 1.33 bits per heavy atom. The van der Waals surface area contributed by atoms with Crippen LogP contribution in [0.25, 0.3) is 0 Å². The fourth-order valence-corrected chi connectivity index (χ4v) is 1.85. The normalized spacial score (nSPS) is 25.4. The lowest BCUT2D eigenvalue weighted by Crippen LogP contribution is -2.28. The van der Waals surface area contributed by atoms with Gasteiger partial charge in [-0.05, 0) is 30.7 Å². The molecule has 1 aromatic rings. The predicted molar refractivity (Wildman–Crippen MR) is 54.8 cm³/mol. The van der Waals surface area contributed by atoms with Crippen molar-refractivity contribution in [1.82, 2.24) is 5.32 Å². The van der Waals surface area contributed by atoms with Crippen LogP contribution < -0.4 is 5.32 Å². The molecule has 1 aromatic carbocycles. The summed E-state index contributed by atoms with van der Waals surface area (Å²) in [6.07, 6.45) is 0.666. The van der Waals surface area contributed by atoms with E-state index in [0.717, 1.165) is 12.1 Å². The third-order valence-corrected chi connectivity index (χ3v) is 2.80. The second-order valence-electron chi connectivity index (χ2n) is 3.84. The zero-order valence-electron chi connectivity index (χ0n) is 8.23. The Kier molecular flexibility index (Phi) is 2.46. The van der Waals surface area contributed by atoms with E-state index in [1.165, 1.54) is 12.1 Å². The van der Waals surface area contributed by atoms with Crippen LogP contribution in [0.2, 0.25) is 0 Å². The summed E-state index contributed by atoms with van der Waals surface area (Å²) in [5.74, 6) is -0.946. The minimum Gasteiger partial charge on any atom is -0.478 e. The molecule has 0 bridgehead atoms. The Labute approximate surface area is 87.6 Å². The number of rotatable bonds is 2. The quantitative estimate of drug-likeness (QED) is 0.663. The number of hydrogen-bond acceptors (Lipinski definition) is 3. The first-order chi connectivity index (χ1) is 7.12. The molecule has 15 heavy (non-hydrogen) atoms. The average Bonchev–Trinajstić information content (AvgIpc) is 2.67. The van der Waals surface area contributed by atoms with Crippen LogP contribution in [-0.4, -0.2) is 29.3 Å². The molecule has 1 fully saturated rings. The first kappa shape index (κ1) is 10.1. The van der Waals surface area contributed by atoms with E-state index < -0.39 is 11.6 Å². The fraction of sp³-hybridized carbons (Fsp3) is 0.364. The maximum absolute atomic E-state index is 10.6. The number of nitrogens with one attached hydrogen (secondary N) is 1. The van der Waals surface area contributed by atoms with E-state index in [2.05, 4.69) is 5.32 Å². The molecule has 2 rings (SSSR count). The van der Waals surface area contributed by atoms with E-state index in [1.807, 2.05) is 0 Å². The van der Waals surface area contributed by atoms with Crippen LogP contribution in [0.4, 0.5) is 0 Å². The molecule has 0 amide bonds. The van der Waals surface area contributed by atoms with E-state index in [1.54, 1.807) is 12.1 Å². The van der Waals surface area contributed by atoms with Crippen molar-refractivity contribution in [3.63, 3.8) is 0 Å². The van der Waals surface area contributed by atoms with Crippen molar-refractivity contribution in [1.29, 1.82) is 0 Å². The largest absolute Gasteiger partial charge is 0.478 e. The molecule has 0 aliphatic carbocycles. The minimum atomic E-state index is -0.946. The van der Waals surface area contributed by atoms with Gasteiger partial charge in [0.1, 0.15) is 5.60 Å². The van der Waals surface area contributed by atoms with E-state index in [9.17, 15) is 9.90 Å². The van der Waals surface area contributed by atoms with Gasteiger partial charge in [0.25, 0.3) is 0 Å². The zero-order chi connectivity index (χ0) is 10.9. The van der Waals surface area contributed by atoms with Gasteiger partial charge in [-0.15, -0.1) is 0 Å². The van der Waals surface area contributed by atoms with Crippen molar-refractivity contribution in [2.24, 2.45) is 0 Å². The van der Waals surface area contributed by atoms with Gasteiger partial charge in [-0.1, -0.05) is 12.1 Å². The fourth-order valence-electron chi connectivity index (χ4n) is 1.85.